The van der Waals surface area contributed by atoms with Crippen LogP contribution in [0.1, 0.15) is 22.3 Å². The van der Waals surface area contributed by atoms with Crippen molar-refractivity contribution < 1.29 is 14.6 Å². The zero-order chi connectivity index (χ0) is 18.5. The van der Waals surface area contributed by atoms with Crippen molar-refractivity contribution in [1.29, 1.82) is 0 Å². The summed E-state index contributed by atoms with van der Waals surface area (Å²) in [7, 11) is 1.58. The van der Waals surface area contributed by atoms with Gasteiger partial charge < -0.3 is 15.2 Å². The molecule has 134 valence electrons. The van der Waals surface area contributed by atoms with Crippen LogP contribution in [0, 0.1) is 0 Å². The zero-order valence-corrected chi connectivity index (χ0v) is 14.7. The summed E-state index contributed by atoms with van der Waals surface area (Å²) in [6, 6.07) is 14.0. The van der Waals surface area contributed by atoms with Crippen molar-refractivity contribution in [2.75, 3.05) is 12.4 Å². The molecule has 0 aliphatic carbocycles. The van der Waals surface area contributed by atoms with E-state index in [0.717, 1.165) is 0 Å². The average Bonchev–Trinajstić information content (AvgIpc) is 3.12. The highest BCUT2D eigenvalue weighted by Crippen LogP contribution is 2.21. The second kappa shape index (κ2) is 7.99. The van der Waals surface area contributed by atoms with E-state index in [4.69, 9.17) is 16.3 Å². The van der Waals surface area contributed by atoms with Gasteiger partial charge in [0.25, 0.3) is 5.91 Å². The van der Waals surface area contributed by atoms with Crippen molar-refractivity contribution in [3.8, 4) is 5.75 Å². The summed E-state index contributed by atoms with van der Waals surface area (Å²) in [6.45, 7) is 0.165. The molecule has 0 unspecified atom stereocenters. The van der Waals surface area contributed by atoms with Gasteiger partial charge in [-0.05, 0) is 29.8 Å². The van der Waals surface area contributed by atoms with Gasteiger partial charge in [0.15, 0.2) is 0 Å². The van der Waals surface area contributed by atoms with Crippen molar-refractivity contribution in [3.05, 3.63) is 71.3 Å². The Balaban J connectivity index is 1.65. The molecule has 2 aromatic carbocycles. The van der Waals surface area contributed by atoms with Crippen molar-refractivity contribution in [2.45, 2.75) is 12.6 Å². The van der Waals surface area contributed by atoms with Gasteiger partial charge in [0.05, 0.1) is 30.5 Å². The standard InChI is InChI=1S/C18H17ClN4O3/c1-26-13-8-6-12(7-9-13)16(24)10-23-11-20-17(22-23)18(25)21-15-5-3-2-4-14(15)19/h2-9,11,16,24H,10H2,1H3,(H,21,25)/t16-/m0/s1. The number of amides is 1. The van der Waals surface area contributed by atoms with Gasteiger partial charge in [-0.1, -0.05) is 35.9 Å². The number of para-hydroxylation sites is 1. The number of carbonyl (C=O) groups excluding carboxylic acids is 1. The molecule has 0 aliphatic rings. The molecule has 2 N–H and O–H groups in total. The summed E-state index contributed by atoms with van der Waals surface area (Å²) in [5, 5.41) is 17.5. The minimum atomic E-state index is -0.790. The number of hydrogen-bond acceptors (Lipinski definition) is 5. The summed E-state index contributed by atoms with van der Waals surface area (Å²) >= 11 is 6.02. The van der Waals surface area contributed by atoms with Crippen molar-refractivity contribution in [3.63, 3.8) is 0 Å². The van der Waals surface area contributed by atoms with Crippen LogP contribution >= 0.6 is 11.6 Å². The van der Waals surface area contributed by atoms with E-state index < -0.39 is 12.0 Å². The predicted molar refractivity (Wildman–Crippen MR) is 97.4 cm³/mol. The van der Waals surface area contributed by atoms with Crippen molar-refractivity contribution >= 4 is 23.2 Å². The van der Waals surface area contributed by atoms with Crippen LogP contribution in [0.3, 0.4) is 0 Å². The number of nitrogens with zero attached hydrogens (tertiary/aromatic N) is 3. The molecule has 0 aliphatic heterocycles. The number of aliphatic hydroxyl groups is 1. The summed E-state index contributed by atoms with van der Waals surface area (Å²) in [4.78, 5) is 16.2. The van der Waals surface area contributed by atoms with Gasteiger partial charge in [0.2, 0.25) is 5.82 Å². The molecule has 1 amide bonds. The maximum atomic E-state index is 12.2. The molecule has 0 fully saturated rings. The monoisotopic (exact) mass is 372 g/mol. The van der Waals surface area contributed by atoms with E-state index in [0.29, 0.717) is 22.0 Å². The number of aliphatic hydroxyl groups excluding tert-OH is 1. The Kier molecular flexibility index (Phi) is 5.50. The normalized spacial score (nSPS) is 11.8. The lowest BCUT2D eigenvalue weighted by molar-refractivity contribution is 0.101. The molecule has 0 radical (unpaired) electrons. The Labute approximate surface area is 155 Å². The first kappa shape index (κ1) is 17.9. The lowest BCUT2D eigenvalue weighted by atomic mass is 10.1. The Morgan fingerprint density at radius 1 is 1.27 bits per heavy atom. The SMILES string of the molecule is COc1ccc([C@@H](O)Cn2cnc(C(=O)Nc3ccccc3Cl)n2)cc1. The maximum absolute atomic E-state index is 12.2. The second-order valence-corrected chi connectivity index (χ2v) is 5.92. The molecule has 26 heavy (non-hydrogen) atoms. The lowest BCUT2D eigenvalue weighted by Gasteiger charge is -2.11. The van der Waals surface area contributed by atoms with Gasteiger partial charge in [0.1, 0.15) is 12.1 Å². The van der Waals surface area contributed by atoms with E-state index in [1.54, 1.807) is 55.6 Å². The highest BCUT2D eigenvalue weighted by atomic mass is 35.5. The van der Waals surface area contributed by atoms with E-state index in [1.165, 1.54) is 11.0 Å². The smallest absolute Gasteiger partial charge is 0.295 e. The number of nitrogens with one attached hydrogen (secondary N) is 1. The molecule has 8 heteroatoms. The Morgan fingerprint density at radius 2 is 2.00 bits per heavy atom. The molecule has 1 heterocycles. The van der Waals surface area contributed by atoms with E-state index in [-0.39, 0.29) is 12.4 Å². The number of benzene rings is 2. The van der Waals surface area contributed by atoms with E-state index in [1.807, 2.05) is 0 Å². The number of ether oxygens (including phenoxy) is 1. The first-order valence-electron chi connectivity index (χ1n) is 7.84. The molecular weight excluding hydrogens is 356 g/mol. The van der Waals surface area contributed by atoms with Gasteiger partial charge in [-0.3, -0.25) is 4.79 Å². The molecule has 7 nitrogen and oxygen atoms in total. The maximum Gasteiger partial charge on any atom is 0.295 e. The quantitative estimate of drug-likeness (QED) is 0.694. The van der Waals surface area contributed by atoms with Crippen LogP contribution in [0.5, 0.6) is 5.75 Å². The largest absolute Gasteiger partial charge is 0.497 e. The van der Waals surface area contributed by atoms with Gasteiger partial charge >= 0.3 is 0 Å². The van der Waals surface area contributed by atoms with Crippen LogP contribution in [0.15, 0.2) is 54.9 Å². The van der Waals surface area contributed by atoms with Crippen LogP contribution in [0.25, 0.3) is 0 Å². The van der Waals surface area contributed by atoms with Gasteiger partial charge in [-0.15, -0.1) is 5.10 Å². The molecule has 3 aromatic rings. The number of methoxy groups -OCH3 is 1. The number of halogens is 1. The fraction of sp³-hybridized carbons (Fsp3) is 0.167. The number of carbonyl (C=O) groups is 1. The zero-order valence-electron chi connectivity index (χ0n) is 14.0. The van der Waals surface area contributed by atoms with Crippen LogP contribution < -0.4 is 10.1 Å². The molecule has 0 spiro atoms. The van der Waals surface area contributed by atoms with Crippen LogP contribution in [-0.2, 0) is 6.54 Å². The predicted octanol–water partition coefficient (Wildman–Crippen LogP) is 2.93. The Hall–Kier alpha value is -2.90. The summed E-state index contributed by atoms with van der Waals surface area (Å²) in [5.41, 5.74) is 1.19. The molecule has 0 saturated carbocycles. The Morgan fingerprint density at radius 3 is 2.69 bits per heavy atom. The highest BCUT2D eigenvalue weighted by molar-refractivity contribution is 6.33. The average molecular weight is 373 g/mol. The fourth-order valence-electron chi connectivity index (χ4n) is 2.34. The summed E-state index contributed by atoms with van der Waals surface area (Å²) < 4.78 is 6.50. The summed E-state index contributed by atoms with van der Waals surface area (Å²) in [5.74, 6) is 0.225. The lowest BCUT2D eigenvalue weighted by Crippen LogP contribution is -2.15. The molecule has 0 bridgehead atoms. The van der Waals surface area contributed by atoms with Crippen molar-refractivity contribution in [2.24, 2.45) is 0 Å². The van der Waals surface area contributed by atoms with E-state index >= 15 is 0 Å². The fourth-order valence-corrected chi connectivity index (χ4v) is 2.52. The van der Waals surface area contributed by atoms with Crippen LogP contribution in [-0.4, -0.2) is 32.9 Å². The van der Waals surface area contributed by atoms with Crippen LogP contribution in [0.4, 0.5) is 5.69 Å². The molecular formula is C18H17ClN4O3. The highest BCUT2D eigenvalue weighted by Gasteiger charge is 2.15. The molecule has 1 aromatic heterocycles. The number of anilines is 1. The van der Waals surface area contributed by atoms with Gasteiger partial charge in [0, 0.05) is 0 Å². The molecule has 3 rings (SSSR count). The minimum Gasteiger partial charge on any atom is -0.497 e. The first-order valence-corrected chi connectivity index (χ1v) is 8.22. The van der Waals surface area contributed by atoms with Gasteiger partial charge in [-0.2, -0.15) is 0 Å². The van der Waals surface area contributed by atoms with E-state index in [9.17, 15) is 9.90 Å². The van der Waals surface area contributed by atoms with E-state index in [2.05, 4.69) is 15.4 Å². The molecule has 0 saturated heterocycles. The first-order chi connectivity index (χ1) is 12.6. The van der Waals surface area contributed by atoms with Crippen molar-refractivity contribution in [1.82, 2.24) is 14.8 Å². The molecule has 1 atom stereocenters. The minimum absolute atomic E-state index is 0.00755. The summed E-state index contributed by atoms with van der Waals surface area (Å²) in [6.07, 6.45) is 0.607. The third kappa shape index (κ3) is 4.19. The number of aromatic nitrogens is 3. The number of hydrogen-bond donors (Lipinski definition) is 2. The third-order valence-electron chi connectivity index (χ3n) is 3.72. The Bertz CT molecular complexity index is 895. The van der Waals surface area contributed by atoms with Crippen LogP contribution in [0.2, 0.25) is 5.02 Å². The van der Waals surface area contributed by atoms with Gasteiger partial charge in [-0.25, -0.2) is 9.67 Å². The third-order valence-corrected chi connectivity index (χ3v) is 4.05. The second-order valence-electron chi connectivity index (χ2n) is 5.51. The number of rotatable bonds is 6. The topological polar surface area (TPSA) is 89.3 Å².